The molecule has 0 saturated carbocycles. The molecule has 8 heteroatoms. The minimum atomic E-state index is -1.07. The zero-order valence-electron chi connectivity index (χ0n) is 12.7. The average molecular weight is 336 g/mol. The minimum Gasteiger partial charge on any atom is -0.478 e. The fraction of sp³-hybridized carbons (Fsp3) is 0.267. The van der Waals surface area contributed by atoms with Crippen molar-refractivity contribution in [3.05, 3.63) is 45.5 Å². The van der Waals surface area contributed by atoms with E-state index in [9.17, 15) is 14.4 Å². The highest BCUT2D eigenvalue weighted by atomic mass is 32.1. The molecule has 0 spiro atoms. The molecule has 0 aliphatic rings. The van der Waals surface area contributed by atoms with Crippen LogP contribution in [-0.4, -0.2) is 41.4 Å². The van der Waals surface area contributed by atoms with E-state index in [2.05, 4.69) is 5.32 Å². The Bertz CT molecular complexity index is 720. The maximum absolute atomic E-state index is 12.0. The topological polar surface area (TPSA) is 99.9 Å². The van der Waals surface area contributed by atoms with Crippen LogP contribution in [0.3, 0.4) is 0 Å². The molecule has 2 N–H and O–H groups in total. The van der Waals surface area contributed by atoms with E-state index in [-0.39, 0.29) is 30.5 Å². The second-order valence-electron chi connectivity index (χ2n) is 4.90. The van der Waals surface area contributed by atoms with Gasteiger partial charge in [0.15, 0.2) is 0 Å². The van der Waals surface area contributed by atoms with Crippen LogP contribution in [0.4, 0.5) is 0 Å². The van der Waals surface area contributed by atoms with Gasteiger partial charge in [0, 0.05) is 7.05 Å². The van der Waals surface area contributed by atoms with Gasteiger partial charge >= 0.3 is 5.97 Å². The van der Waals surface area contributed by atoms with Gasteiger partial charge in [0.2, 0.25) is 5.91 Å². The van der Waals surface area contributed by atoms with Gasteiger partial charge in [0.25, 0.3) is 5.91 Å². The average Bonchev–Trinajstić information content (AvgIpc) is 3.13. The van der Waals surface area contributed by atoms with E-state index in [1.807, 2.05) is 0 Å². The molecule has 0 fully saturated rings. The maximum Gasteiger partial charge on any atom is 0.339 e. The Morgan fingerprint density at radius 2 is 2.13 bits per heavy atom. The van der Waals surface area contributed by atoms with Crippen LogP contribution in [0.5, 0.6) is 0 Å². The van der Waals surface area contributed by atoms with Gasteiger partial charge in [-0.1, -0.05) is 6.07 Å². The van der Waals surface area contributed by atoms with Crippen molar-refractivity contribution in [2.75, 3.05) is 13.6 Å². The number of nitrogens with one attached hydrogen (secondary N) is 1. The first-order chi connectivity index (χ1) is 10.9. The molecule has 0 aliphatic heterocycles. The van der Waals surface area contributed by atoms with E-state index in [0.29, 0.717) is 16.4 Å². The molecule has 2 aromatic rings. The number of aromatic carboxylic acids is 1. The second-order valence-corrected chi connectivity index (χ2v) is 5.85. The predicted octanol–water partition coefficient (Wildman–Crippen LogP) is 1.74. The number of likely N-dealkylation sites (N-methyl/N-ethyl adjacent to an activating group) is 1. The molecule has 23 heavy (non-hydrogen) atoms. The number of hydrogen-bond donors (Lipinski definition) is 2. The van der Waals surface area contributed by atoms with Crippen LogP contribution in [0.2, 0.25) is 0 Å². The van der Waals surface area contributed by atoms with Crippen molar-refractivity contribution in [3.8, 4) is 0 Å². The fourth-order valence-electron chi connectivity index (χ4n) is 1.94. The van der Waals surface area contributed by atoms with Gasteiger partial charge in [0.1, 0.15) is 17.1 Å². The number of carbonyl (C=O) groups is 3. The van der Waals surface area contributed by atoms with E-state index >= 15 is 0 Å². The van der Waals surface area contributed by atoms with Gasteiger partial charge in [-0.05, 0) is 24.4 Å². The number of thiophene rings is 1. The first-order valence-corrected chi connectivity index (χ1v) is 7.64. The lowest BCUT2D eigenvalue weighted by Gasteiger charge is -2.15. The minimum absolute atomic E-state index is 0.0758. The summed E-state index contributed by atoms with van der Waals surface area (Å²) < 4.78 is 5.32. The molecule has 2 heterocycles. The Hall–Kier alpha value is -2.61. The summed E-state index contributed by atoms with van der Waals surface area (Å²) >= 11 is 1.29. The van der Waals surface area contributed by atoms with Crippen LogP contribution in [0.1, 0.15) is 31.6 Å². The van der Waals surface area contributed by atoms with Crippen LogP contribution < -0.4 is 5.32 Å². The number of aryl methyl sites for hydroxylation is 1. The third-order valence-corrected chi connectivity index (χ3v) is 4.03. The molecule has 0 aromatic carbocycles. The highest BCUT2D eigenvalue weighted by molar-refractivity contribution is 7.12. The van der Waals surface area contributed by atoms with E-state index in [4.69, 9.17) is 9.52 Å². The Labute approximate surface area is 136 Å². The zero-order valence-corrected chi connectivity index (χ0v) is 13.5. The number of carboxylic acids is 1. The monoisotopic (exact) mass is 336 g/mol. The summed E-state index contributed by atoms with van der Waals surface area (Å²) in [4.78, 5) is 36.6. The van der Waals surface area contributed by atoms with Crippen molar-refractivity contribution >= 4 is 29.1 Å². The summed E-state index contributed by atoms with van der Waals surface area (Å²) in [6.07, 6.45) is 0. The third-order valence-electron chi connectivity index (χ3n) is 3.16. The van der Waals surface area contributed by atoms with Crippen LogP contribution in [0, 0.1) is 6.92 Å². The SMILES string of the molecule is Cc1oc(CN(C)C(=O)CNC(=O)c2cccs2)cc1C(=O)O. The molecule has 0 radical (unpaired) electrons. The van der Waals surface area contributed by atoms with Gasteiger partial charge in [-0.25, -0.2) is 4.79 Å². The quantitative estimate of drug-likeness (QED) is 0.837. The van der Waals surface area contributed by atoms with Crippen molar-refractivity contribution < 1.29 is 23.9 Å². The number of amides is 2. The molecule has 0 bridgehead atoms. The normalized spacial score (nSPS) is 10.3. The molecule has 0 unspecified atom stereocenters. The number of nitrogens with zero attached hydrogens (tertiary/aromatic N) is 1. The molecule has 122 valence electrons. The highest BCUT2D eigenvalue weighted by Gasteiger charge is 2.17. The number of furan rings is 1. The Morgan fingerprint density at radius 3 is 2.70 bits per heavy atom. The Morgan fingerprint density at radius 1 is 1.39 bits per heavy atom. The summed E-state index contributed by atoms with van der Waals surface area (Å²) in [7, 11) is 1.55. The standard InChI is InChI=1S/C15H16N2O5S/c1-9-11(15(20)21)6-10(22-9)8-17(2)13(18)7-16-14(19)12-4-3-5-23-12/h3-6H,7-8H2,1-2H3,(H,16,19)(H,20,21). The smallest absolute Gasteiger partial charge is 0.339 e. The maximum atomic E-state index is 12.0. The Balaban J connectivity index is 1.89. The van der Waals surface area contributed by atoms with Crippen molar-refractivity contribution in [3.63, 3.8) is 0 Å². The largest absolute Gasteiger partial charge is 0.478 e. The van der Waals surface area contributed by atoms with Gasteiger partial charge in [-0.3, -0.25) is 9.59 Å². The molecule has 0 atom stereocenters. The molecular formula is C15H16N2O5S. The summed E-state index contributed by atoms with van der Waals surface area (Å²) in [5.74, 6) is -1.01. The van der Waals surface area contributed by atoms with Crippen LogP contribution in [-0.2, 0) is 11.3 Å². The van der Waals surface area contributed by atoms with E-state index < -0.39 is 5.97 Å². The van der Waals surface area contributed by atoms with Gasteiger partial charge in [-0.15, -0.1) is 11.3 Å². The molecular weight excluding hydrogens is 320 g/mol. The second kappa shape index (κ2) is 7.10. The van der Waals surface area contributed by atoms with E-state index in [1.54, 1.807) is 31.5 Å². The van der Waals surface area contributed by atoms with Crippen LogP contribution in [0.25, 0.3) is 0 Å². The van der Waals surface area contributed by atoms with Gasteiger partial charge in [0.05, 0.1) is 18.0 Å². The molecule has 0 saturated heterocycles. The zero-order chi connectivity index (χ0) is 17.0. The molecule has 2 amide bonds. The lowest BCUT2D eigenvalue weighted by atomic mass is 10.2. The van der Waals surface area contributed by atoms with Crippen LogP contribution >= 0.6 is 11.3 Å². The summed E-state index contributed by atoms with van der Waals surface area (Å²) in [6, 6.07) is 4.83. The molecule has 7 nitrogen and oxygen atoms in total. The first-order valence-electron chi connectivity index (χ1n) is 6.76. The van der Waals surface area contributed by atoms with E-state index in [0.717, 1.165) is 0 Å². The first kappa shape index (κ1) is 16.8. The lowest BCUT2D eigenvalue weighted by Crippen LogP contribution is -2.37. The number of carbonyl (C=O) groups excluding carboxylic acids is 2. The molecule has 2 rings (SSSR count). The highest BCUT2D eigenvalue weighted by Crippen LogP contribution is 2.16. The fourth-order valence-corrected chi connectivity index (χ4v) is 2.58. The third kappa shape index (κ3) is 4.19. The summed E-state index contributed by atoms with van der Waals surface area (Å²) in [6.45, 7) is 1.54. The summed E-state index contributed by atoms with van der Waals surface area (Å²) in [5, 5.41) is 13.3. The van der Waals surface area contributed by atoms with Crippen molar-refractivity contribution in [1.82, 2.24) is 10.2 Å². The van der Waals surface area contributed by atoms with E-state index in [1.165, 1.54) is 22.3 Å². The van der Waals surface area contributed by atoms with Gasteiger partial charge in [-0.2, -0.15) is 0 Å². The number of hydrogen-bond acceptors (Lipinski definition) is 5. The number of carboxylic acid groups (broad SMARTS) is 1. The Kier molecular flexibility index (Phi) is 5.17. The predicted molar refractivity (Wildman–Crippen MR) is 83.5 cm³/mol. The van der Waals surface area contributed by atoms with Crippen molar-refractivity contribution in [1.29, 1.82) is 0 Å². The van der Waals surface area contributed by atoms with Gasteiger partial charge < -0.3 is 19.7 Å². The number of rotatable bonds is 6. The van der Waals surface area contributed by atoms with Crippen LogP contribution in [0.15, 0.2) is 28.0 Å². The summed E-state index contributed by atoms with van der Waals surface area (Å²) in [5.41, 5.74) is 0.0758. The van der Waals surface area contributed by atoms with Crippen molar-refractivity contribution in [2.45, 2.75) is 13.5 Å². The molecule has 0 aliphatic carbocycles. The lowest BCUT2D eigenvalue weighted by molar-refractivity contribution is -0.129. The molecule has 2 aromatic heterocycles. The van der Waals surface area contributed by atoms with Crippen molar-refractivity contribution in [2.24, 2.45) is 0 Å².